The Balaban J connectivity index is 1.80. The molecule has 4 atom stereocenters. The predicted octanol–water partition coefficient (Wildman–Crippen LogP) is 9.42. The van der Waals surface area contributed by atoms with Gasteiger partial charge in [0.15, 0.2) is 0 Å². The van der Waals surface area contributed by atoms with Crippen LogP contribution in [0.25, 0.3) is 0 Å². The van der Waals surface area contributed by atoms with Crippen molar-refractivity contribution in [2.45, 2.75) is 137 Å². The summed E-state index contributed by atoms with van der Waals surface area (Å²) in [5.74, 6) is 5.97. The van der Waals surface area contributed by atoms with Crippen LogP contribution in [0, 0.1) is 35.5 Å². The van der Waals surface area contributed by atoms with Gasteiger partial charge in [0.1, 0.15) is 0 Å². The van der Waals surface area contributed by atoms with E-state index in [1.165, 1.54) is 70.6 Å². The maximum atomic E-state index is 2.56. The van der Waals surface area contributed by atoms with E-state index in [4.69, 9.17) is 0 Å². The molecule has 2 saturated carbocycles. The molecule has 0 bridgehead atoms. The lowest BCUT2D eigenvalue weighted by atomic mass is 9.74. The number of hydrogen-bond acceptors (Lipinski definition) is 0. The first kappa shape index (κ1) is 23.3. The predicted molar refractivity (Wildman–Crippen MR) is 122 cm³/mol. The van der Waals surface area contributed by atoms with Crippen molar-refractivity contribution in [3.63, 3.8) is 0 Å². The van der Waals surface area contributed by atoms with Crippen LogP contribution < -0.4 is 0 Å². The summed E-state index contributed by atoms with van der Waals surface area (Å²) in [5.41, 5.74) is 0. The van der Waals surface area contributed by atoms with Crippen LogP contribution in [-0.4, -0.2) is 0 Å². The van der Waals surface area contributed by atoms with Crippen LogP contribution in [0.5, 0.6) is 0 Å². The second kappa shape index (κ2) is 13.3. The Bertz CT molecular complexity index is 351. The van der Waals surface area contributed by atoms with Crippen LogP contribution in [0.1, 0.15) is 137 Å². The van der Waals surface area contributed by atoms with E-state index in [9.17, 15) is 0 Å². The molecule has 0 aliphatic heterocycles. The summed E-state index contributed by atoms with van der Waals surface area (Å²) in [6.07, 6.45) is 25.7. The molecule has 0 aromatic rings. The van der Waals surface area contributed by atoms with Crippen molar-refractivity contribution in [3.05, 3.63) is 0 Å². The van der Waals surface area contributed by atoms with Crippen molar-refractivity contribution in [3.8, 4) is 0 Å². The van der Waals surface area contributed by atoms with Crippen LogP contribution in [0.15, 0.2) is 0 Å². The quantitative estimate of drug-likeness (QED) is 0.337. The van der Waals surface area contributed by atoms with Gasteiger partial charge in [0.25, 0.3) is 0 Å². The fraction of sp³-hybridized carbons (Fsp3) is 1.00. The van der Waals surface area contributed by atoms with Crippen LogP contribution >= 0.6 is 0 Å². The molecule has 0 nitrogen and oxygen atoms in total. The molecule has 0 amide bonds. The molecule has 0 N–H and O–H groups in total. The SMILES string of the molecule is CCCC(CC(C)CCC1CCCCCCC1CCC1CCCC1)C(C)C. The van der Waals surface area contributed by atoms with Crippen LogP contribution in [-0.2, 0) is 0 Å². The molecule has 0 aromatic carbocycles. The van der Waals surface area contributed by atoms with E-state index in [0.29, 0.717) is 0 Å². The molecule has 4 unspecified atom stereocenters. The second-order valence-electron chi connectivity index (χ2n) is 11.0. The van der Waals surface area contributed by atoms with E-state index in [0.717, 1.165) is 35.5 Å². The molecular formula is C27H52. The van der Waals surface area contributed by atoms with Gasteiger partial charge in [-0.25, -0.2) is 0 Å². The van der Waals surface area contributed by atoms with Gasteiger partial charge in [0.05, 0.1) is 0 Å². The minimum absolute atomic E-state index is 0.868. The molecule has 0 heteroatoms. The largest absolute Gasteiger partial charge is 0.0654 e. The number of hydrogen-bond donors (Lipinski definition) is 0. The van der Waals surface area contributed by atoms with Crippen molar-refractivity contribution in [1.29, 1.82) is 0 Å². The van der Waals surface area contributed by atoms with Gasteiger partial charge < -0.3 is 0 Å². The molecular weight excluding hydrogens is 324 g/mol. The first-order chi connectivity index (χ1) is 13.1. The second-order valence-corrected chi connectivity index (χ2v) is 11.0. The van der Waals surface area contributed by atoms with E-state index >= 15 is 0 Å². The zero-order valence-electron chi connectivity index (χ0n) is 19.5. The first-order valence-electron chi connectivity index (χ1n) is 13.1. The smallest absolute Gasteiger partial charge is 0.0386 e. The third-order valence-corrected chi connectivity index (χ3v) is 8.32. The molecule has 0 radical (unpaired) electrons. The monoisotopic (exact) mass is 376 g/mol. The van der Waals surface area contributed by atoms with E-state index in [1.807, 2.05) is 0 Å². The maximum absolute atomic E-state index is 2.56. The molecule has 160 valence electrons. The van der Waals surface area contributed by atoms with E-state index in [2.05, 4.69) is 27.7 Å². The lowest BCUT2D eigenvalue weighted by molar-refractivity contribution is 0.199. The topological polar surface area (TPSA) is 0 Å². The maximum Gasteiger partial charge on any atom is -0.0386 e. The zero-order chi connectivity index (χ0) is 19.5. The van der Waals surface area contributed by atoms with Crippen LogP contribution in [0.4, 0.5) is 0 Å². The van der Waals surface area contributed by atoms with Crippen molar-refractivity contribution in [1.82, 2.24) is 0 Å². The normalized spacial score (nSPS) is 27.4. The van der Waals surface area contributed by atoms with Gasteiger partial charge in [-0.15, -0.1) is 0 Å². The van der Waals surface area contributed by atoms with Gasteiger partial charge in [-0.1, -0.05) is 118 Å². The Morgan fingerprint density at radius 1 is 0.667 bits per heavy atom. The summed E-state index contributed by atoms with van der Waals surface area (Å²) in [5, 5.41) is 0. The molecule has 0 heterocycles. The average molecular weight is 377 g/mol. The highest BCUT2D eigenvalue weighted by molar-refractivity contribution is 4.77. The van der Waals surface area contributed by atoms with Crippen molar-refractivity contribution in [2.24, 2.45) is 35.5 Å². The fourth-order valence-corrected chi connectivity index (χ4v) is 6.37. The Kier molecular flexibility index (Phi) is 11.4. The lowest BCUT2D eigenvalue weighted by Crippen LogP contribution is -2.20. The minimum atomic E-state index is 0.868. The number of rotatable bonds is 11. The summed E-state index contributed by atoms with van der Waals surface area (Å²) in [7, 11) is 0. The van der Waals surface area contributed by atoms with Crippen molar-refractivity contribution in [2.75, 3.05) is 0 Å². The van der Waals surface area contributed by atoms with E-state index in [-0.39, 0.29) is 0 Å². The molecule has 2 fully saturated rings. The molecule has 0 aromatic heterocycles. The summed E-state index contributed by atoms with van der Waals surface area (Å²) in [4.78, 5) is 0. The third-order valence-electron chi connectivity index (χ3n) is 8.32. The van der Waals surface area contributed by atoms with Crippen LogP contribution in [0.3, 0.4) is 0 Å². The Hall–Kier alpha value is 0. The Morgan fingerprint density at radius 2 is 1.26 bits per heavy atom. The molecule has 0 spiro atoms. The van der Waals surface area contributed by atoms with Gasteiger partial charge in [0, 0.05) is 0 Å². The summed E-state index contributed by atoms with van der Waals surface area (Å²) in [6.45, 7) is 9.81. The summed E-state index contributed by atoms with van der Waals surface area (Å²) < 4.78 is 0. The van der Waals surface area contributed by atoms with E-state index < -0.39 is 0 Å². The Morgan fingerprint density at radius 3 is 1.85 bits per heavy atom. The molecule has 2 rings (SSSR count). The Labute approximate surface area is 172 Å². The molecule has 2 aliphatic rings. The summed E-state index contributed by atoms with van der Waals surface area (Å²) >= 11 is 0. The molecule has 2 aliphatic carbocycles. The highest BCUT2D eigenvalue weighted by Gasteiger charge is 2.25. The van der Waals surface area contributed by atoms with Gasteiger partial charge in [0.2, 0.25) is 0 Å². The van der Waals surface area contributed by atoms with Gasteiger partial charge in [-0.2, -0.15) is 0 Å². The van der Waals surface area contributed by atoms with Crippen molar-refractivity contribution < 1.29 is 0 Å². The van der Waals surface area contributed by atoms with Gasteiger partial charge in [-0.05, 0) is 54.8 Å². The third kappa shape index (κ3) is 8.91. The molecule has 0 saturated heterocycles. The first-order valence-corrected chi connectivity index (χ1v) is 13.1. The van der Waals surface area contributed by atoms with Gasteiger partial charge >= 0.3 is 0 Å². The molecule has 27 heavy (non-hydrogen) atoms. The summed E-state index contributed by atoms with van der Waals surface area (Å²) in [6, 6.07) is 0. The average Bonchev–Trinajstić information content (AvgIpc) is 3.13. The fourth-order valence-electron chi connectivity index (χ4n) is 6.37. The minimum Gasteiger partial charge on any atom is -0.0654 e. The lowest BCUT2D eigenvalue weighted by Gasteiger charge is -2.32. The standard InChI is InChI=1S/C27H52/c1-5-12-27(22(2)3)21-23(4)17-19-25-15-8-6-7-9-16-26(25)20-18-24-13-10-11-14-24/h22-27H,5-21H2,1-4H3. The van der Waals surface area contributed by atoms with E-state index in [1.54, 1.807) is 38.5 Å². The zero-order valence-corrected chi connectivity index (χ0v) is 19.5. The highest BCUT2D eigenvalue weighted by atomic mass is 14.3. The van der Waals surface area contributed by atoms with Crippen LogP contribution in [0.2, 0.25) is 0 Å². The van der Waals surface area contributed by atoms with Gasteiger partial charge in [-0.3, -0.25) is 0 Å². The highest BCUT2D eigenvalue weighted by Crippen LogP contribution is 2.38. The van der Waals surface area contributed by atoms with Crippen molar-refractivity contribution >= 4 is 0 Å².